The largest absolute Gasteiger partial charge is 0.459 e. The molecule has 1 N–H and O–H groups in total. The number of carbonyl (C=O) groups is 1. The lowest BCUT2D eigenvalue weighted by Crippen LogP contribution is -2.37. The second kappa shape index (κ2) is 10.0. The maximum atomic E-state index is 12.4. The molecule has 196 valence electrons. The molecule has 2 aliphatic rings. The van der Waals surface area contributed by atoms with Crippen molar-refractivity contribution < 1.29 is 23.7 Å². The van der Waals surface area contributed by atoms with E-state index in [4.69, 9.17) is 42.1 Å². The van der Waals surface area contributed by atoms with Gasteiger partial charge in [0.25, 0.3) is 5.56 Å². The summed E-state index contributed by atoms with van der Waals surface area (Å²) in [5.74, 6) is -1.37. The number of aromatic amines is 1. The van der Waals surface area contributed by atoms with Gasteiger partial charge in [0.15, 0.2) is 12.0 Å². The maximum Gasteiger partial charge on any atom is 0.330 e. The number of benzene rings is 1. The minimum Gasteiger partial charge on any atom is -0.459 e. The average molecular weight is 552 g/mol. The lowest BCUT2D eigenvalue weighted by molar-refractivity contribution is -0.198. The molecular weight excluding hydrogens is 529 g/mol. The summed E-state index contributed by atoms with van der Waals surface area (Å²) in [6.07, 6.45) is 0.521. The molecule has 0 radical (unpaired) electrons. The van der Waals surface area contributed by atoms with Crippen LogP contribution in [0.4, 0.5) is 0 Å². The number of hydrogen-bond acceptors (Lipinski definition) is 9. The van der Waals surface area contributed by atoms with Gasteiger partial charge in [0.05, 0.1) is 19.2 Å². The van der Waals surface area contributed by atoms with Gasteiger partial charge in [-0.2, -0.15) is 0 Å². The Bertz CT molecular complexity index is 1440. The van der Waals surface area contributed by atoms with Crippen molar-refractivity contribution in [2.45, 2.75) is 63.7 Å². The highest BCUT2D eigenvalue weighted by atomic mass is 35.5. The average Bonchev–Trinajstić information content (AvgIpc) is 3.48. The number of fused-ring (bicyclic) bond motifs is 1. The molecule has 5 rings (SSSR count). The third-order valence-corrected chi connectivity index (χ3v) is 6.52. The molecule has 0 saturated carbocycles. The molecule has 1 aromatic carbocycles. The summed E-state index contributed by atoms with van der Waals surface area (Å²) >= 11 is 12.0. The molecule has 0 spiro atoms. The molecule has 14 heteroatoms. The van der Waals surface area contributed by atoms with Crippen LogP contribution in [0.25, 0.3) is 0 Å². The molecule has 0 unspecified atom stereocenters. The van der Waals surface area contributed by atoms with Crippen LogP contribution in [-0.4, -0.2) is 54.6 Å². The van der Waals surface area contributed by atoms with E-state index in [1.807, 2.05) is 0 Å². The molecule has 4 atom stereocenters. The first kappa shape index (κ1) is 25.6. The number of nitrogens with zero attached hydrogens (tertiary/aromatic N) is 4. The minimum absolute atomic E-state index is 0.0121. The summed E-state index contributed by atoms with van der Waals surface area (Å²) in [7, 11) is 0. The topological polar surface area (TPSA) is 140 Å². The highest BCUT2D eigenvalue weighted by molar-refractivity contribution is 6.35. The zero-order chi connectivity index (χ0) is 26.3. The Balaban J connectivity index is 1.23. The normalized spacial score (nSPS) is 24.2. The van der Waals surface area contributed by atoms with Gasteiger partial charge in [0.2, 0.25) is 0 Å². The van der Waals surface area contributed by atoms with Gasteiger partial charge in [-0.05, 0) is 31.5 Å². The van der Waals surface area contributed by atoms with E-state index < -0.39 is 47.5 Å². The van der Waals surface area contributed by atoms with Crippen LogP contribution in [0.2, 0.25) is 10.0 Å². The van der Waals surface area contributed by atoms with Crippen molar-refractivity contribution in [2.75, 3.05) is 0 Å². The molecule has 0 bridgehead atoms. The number of carbonyl (C=O) groups excluding carboxylic acids is 1. The lowest BCUT2D eigenvalue weighted by Gasteiger charge is -2.24. The first-order chi connectivity index (χ1) is 17.6. The van der Waals surface area contributed by atoms with Gasteiger partial charge in [-0.3, -0.25) is 19.1 Å². The summed E-state index contributed by atoms with van der Waals surface area (Å²) in [5.41, 5.74) is -0.0914. The van der Waals surface area contributed by atoms with E-state index in [0.29, 0.717) is 21.3 Å². The van der Waals surface area contributed by atoms with Gasteiger partial charge in [-0.25, -0.2) is 9.48 Å². The second-order valence-electron chi connectivity index (χ2n) is 9.15. The molecule has 3 aromatic rings. The van der Waals surface area contributed by atoms with Crippen LogP contribution in [0.1, 0.15) is 31.3 Å². The van der Waals surface area contributed by atoms with Crippen LogP contribution in [0.3, 0.4) is 0 Å². The number of halogens is 2. The van der Waals surface area contributed by atoms with Gasteiger partial charge in [-0.15, -0.1) is 5.10 Å². The van der Waals surface area contributed by atoms with Crippen LogP contribution in [0, 0.1) is 0 Å². The van der Waals surface area contributed by atoms with Crippen molar-refractivity contribution in [1.82, 2.24) is 24.5 Å². The molecule has 2 aliphatic heterocycles. The van der Waals surface area contributed by atoms with E-state index in [2.05, 4.69) is 15.3 Å². The summed E-state index contributed by atoms with van der Waals surface area (Å²) in [6.45, 7) is 3.70. The smallest absolute Gasteiger partial charge is 0.330 e. The molecular formula is C23H23Cl2N5O7. The maximum absolute atomic E-state index is 12.4. The number of H-pyrrole nitrogens is 1. The number of ether oxygens (including phenoxy) is 4. The van der Waals surface area contributed by atoms with E-state index in [0.717, 1.165) is 0 Å². The third kappa shape index (κ3) is 5.63. The van der Waals surface area contributed by atoms with Crippen LogP contribution in [0.5, 0.6) is 0 Å². The van der Waals surface area contributed by atoms with Gasteiger partial charge in [0, 0.05) is 22.3 Å². The third-order valence-electron chi connectivity index (χ3n) is 5.93. The Morgan fingerprint density at radius 3 is 2.73 bits per heavy atom. The van der Waals surface area contributed by atoms with Gasteiger partial charge >= 0.3 is 11.7 Å². The fourth-order valence-corrected chi connectivity index (χ4v) is 4.84. The number of hydrogen-bond donors (Lipinski definition) is 1. The van der Waals surface area contributed by atoms with Crippen molar-refractivity contribution in [3.63, 3.8) is 0 Å². The molecule has 2 aromatic heterocycles. The molecule has 0 aliphatic carbocycles. The number of nitrogens with one attached hydrogen (secondary N) is 1. The highest BCUT2D eigenvalue weighted by Gasteiger charge is 2.56. The molecule has 4 heterocycles. The fourth-order valence-electron chi connectivity index (χ4n) is 4.36. The monoisotopic (exact) mass is 551 g/mol. The standard InChI is InChI=1S/C23H23Cl2N5O7/c1-23(2)36-19-16(35-21(20(19)37-23)30-6-5-17(31)26-22(30)33)10-29-9-14(27-28-29)11-34-18(32)7-12-3-4-13(24)8-15(12)25/h3-6,8-9,16,19-21H,7,10-11H2,1-2H3,(H,26,31,33)/t16-,19-,20-,21-/m1/s1. The van der Waals surface area contributed by atoms with E-state index in [-0.39, 0.29) is 19.6 Å². The highest BCUT2D eigenvalue weighted by Crippen LogP contribution is 2.42. The Hall–Kier alpha value is -3.03. The van der Waals surface area contributed by atoms with E-state index >= 15 is 0 Å². The SMILES string of the molecule is CC1(C)O[C@@H]2[C@H](O1)[C@@H](Cn1cc(COC(=O)Cc3ccc(Cl)cc3Cl)nn1)O[C@H]2n1ccc(=O)[nH]c1=O. The van der Waals surface area contributed by atoms with Crippen molar-refractivity contribution in [2.24, 2.45) is 0 Å². The van der Waals surface area contributed by atoms with Crippen molar-refractivity contribution in [3.05, 3.63) is 78.8 Å². The first-order valence-electron chi connectivity index (χ1n) is 11.4. The Labute approximate surface area is 220 Å². The van der Waals surface area contributed by atoms with Crippen LogP contribution < -0.4 is 11.2 Å². The van der Waals surface area contributed by atoms with Crippen LogP contribution in [-0.2, 0) is 43.3 Å². The molecule has 0 amide bonds. The Morgan fingerprint density at radius 1 is 1.19 bits per heavy atom. The Kier molecular flexibility index (Phi) is 6.94. The van der Waals surface area contributed by atoms with Crippen molar-refractivity contribution in [1.29, 1.82) is 0 Å². The predicted octanol–water partition coefficient (Wildman–Crippen LogP) is 1.84. The van der Waals surface area contributed by atoms with Gasteiger partial charge in [-0.1, -0.05) is 34.5 Å². The fraction of sp³-hybridized carbons (Fsp3) is 0.435. The summed E-state index contributed by atoms with van der Waals surface area (Å²) in [4.78, 5) is 38.3. The van der Waals surface area contributed by atoms with Crippen LogP contribution in [0.15, 0.2) is 46.2 Å². The van der Waals surface area contributed by atoms with Gasteiger partial charge < -0.3 is 18.9 Å². The molecule has 37 heavy (non-hydrogen) atoms. The molecule has 12 nitrogen and oxygen atoms in total. The predicted molar refractivity (Wildman–Crippen MR) is 129 cm³/mol. The summed E-state index contributed by atoms with van der Waals surface area (Å²) in [6, 6.07) is 6.11. The quantitative estimate of drug-likeness (QED) is 0.435. The van der Waals surface area contributed by atoms with Crippen molar-refractivity contribution in [3.8, 4) is 0 Å². The zero-order valence-electron chi connectivity index (χ0n) is 19.8. The van der Waals surface area contributed by atoms with Gasteiger partial charge in [0.1, 0.15) is 30.6 Å². The van der Waals surface area contributed by atoms with E-state index in [1.165, 1.54) is 21.5 Å². The Morgan fingerprint density at radius 2 is 1.97 bits per heavy atom. The number of rotatable bonds is 7. The van der Waals surface area contributed by atoms with E-state index in [1.54, 1.807) is 38.2 Å². The minimum atomic E-state index is -0.893. The number of esters is 1. The molecule has 2 fully saturated rings. The molecule has 2 saturated heterocycles. The van der Waals surface area contributed by atoms with Crippen molar-refractivity contribution >= 4 is 29.2 Å². The lowest BCUT2D eigenvalue weighted by atomic mass is 10.1. The second-order valence-corrected chi connectivity index (χ2v) is 10.00. The number of aromatic nitrogens is 5. The summed E-state index contributed by atoms with van der Waals surface area (Å²) < 4.78 is 26.3. The summed E-state index contributed by atoms with van der Waals surface area (Å²) in [5, 5.41) is 9.00. The van der Waals surface area contributed by atoms with Crippen LogP contribution >= 0.6 is 23.2 Å². The zero-order valence-corrected chi connectivity index (χ0v) is 21.3. The van der Waals surface area contributed by atoms with E-state index in [9.17, 15) is 14.4 Å². The first-order valence-corrected chi connectivity index (χ1v) is 12.1.